The fourth-order valence-corrected chi connectivity index (χ4v) is 1.62. The summed E-state index contributed by atoms with van der Waals surface area (Å²) in [5, 5.41) is 3.96. The number of ether oxygens (including phenoxy) is 1. The highest BCUT2D eigenvalue weighted by Gasteiger charge is 2.07. The number of nitrogens with zero attached hydrogens (tertiary/aromatic N) is 2. The molecular formula is C14H12F2N2O2. The van der Waals surface area contributed by atoms with Gasteiger partial charge >= 0.3 is 6.61 Å². The van der Waals surface area contributed by atoms with Crippen LogP contribution in [0.3, 0.4) is 0 Å². The molecule has 0 atom stereocenters. The van der Waals surface area contributed by atoms with Crippen molar-refractivity contribution in [1.82, 2.24) is 9.78 Å². The second kappa shape index (κ2) is 6.10. The van der Waals surface area contributed by atoms with Gasteiger partial charge in [-0.2, -0.15) is 13.9 Å². The zero-order chi connectivity index (χ0) is 14.5. The highest BCUT2D eigenvalue weighted by atomic mass is 19.3. The van der Waals surface area contributed by atoms with E-state index in [1.807, 2.05) is 0 Å². The molecule has 0 saturated carbocycles. The summed E-state index contributed by atoms with van der Waals surface area (Å²) >= 11 is 0. The number of allylic oxidation sites excluding steroid dienone is 1. The van der Waals surface area contributed by atoms with E-state index < -0.39 is 6.61 Å². The molecule has 0 unspecified atom stereocenters. The van der Waals surface area contributed by atoms with Crippen LogP contribution in [0.1, 0.15) is 15.9 Å². The van der Waals surface area contributed by atoms with Crippen LogP contribution in [0.15, 0.2) is 42.7 Å². The Kier molecular flexibility index (Phi) is 4.24. The van der Waals surface area contributed by atoms with Crippen molar-refractivity contribution in [2.45, 2.75) is 6.61 Å². The monoisotopic (exact) mass is 278 g/mol. The van der Waals surface area contributed by atoms with Crippen LogP contribution in [-0.4, -0.2) is 22.2 Å². The van der Waals surface area contributed by atoms with Crippen molar-refractivity contribution in [2.24, 2.45) is 7.05 Å². The average molecular weight is 278 g/mol. The Morgan fingerprint density at radius 2 is 2.25 bits per heavy atom. The SMILES string of the molecule is Cn1cc(/C=C\C(=O)c2cccc(OC(F)F)c2)cn1. The number of hydrogen-bond donors (Lipinski definition) is 0. The van der Waals surface area contributed by atoms with Gasteiger partial charge in [-0.05, 0) is 24.3 Å². The Morgan fingerprint density at radius 1 is 1.45 bits per heavy atom. The molecule has 0 fully saturated rings. The van der Waals surface area contributed by atoms with Crippen LogP contribution in [0.2, 0.25) is 0 Å². The molecule has 0 spiro atoms. The zero-order valence-electron chi connectivity index (χ0n) is 10.7. The minimum absolute atomic E-state index is 0.0411. The predicted molar refractivity (Wildman–Crippen MR) is 69.6 cm³/mol. The molecule has 4 nitrogen and oxygen atoms in total. The fraction of sp³-hybridized carbons (Fsp3) is 0.143. The van der Waals surface area contributed by atoms with Gasteiger partial charge in [0.15, 0.2) is 5.78 Å². The molecule has 0 amide bonds. The molecule has 1 aromatic heterocycles. The summed E-state index contributed by atoms with van der Waals surface area (Å²) in [5.74, 6) is -0.339. The Hall–Kier alpha value is -2.50. The highest BCUT2D eigenvalue weighted by molar-refractivity contribution is 6.07. The number of aromatic nitrogens is 2. The maximum atomic E-state index is 12.1. The summed E-state index contributed by atoms with van der Waals surface area (Å²) in [4.78, 5) is 11.9. The summed E-state index contributed by atoms with van der Waals surface area (Å²) in [6.07, 6.45) is 6.33. The van der Waals surface area contributed by atoms with Gasteiger partial charge in [-0.1, -0.05) is 12.1 Å². The molecule has 0 saturated heterocycles. The quantitative estimate of drug-likeness (QED) is 0.624. The molecule has 0 bridgehead atoms. The zero-order valence-corrected chi connectivity index (χ0v) is 10.7. The van der Waals surface area contributed by atoms with Crippen molar-refractivity contribution in [3.63, 3.8) is 0 Å². The first-order valence-electron chi connectivity index (χ1n) is 5.80. The Balaban J connectivity index is 2.10. The summed E-state index contributed by atoms with van der Waals surface area (Å²) in [6, 6.07) is 5.67. The number of halogens is 2. The van der Waals surface area contributed by atoms with E-state index in [1.54, 1.807) is 30.2 Å². The van der Waals surface area contributed by atoms with Crippen molar-refractivity contribution >= 4 is 11.9 Å². The first-order valence-corrected chi connectivity index (χ1v) is 5.80. The predicted octanol–water partition coefficient (Wildman–Crippen LogP) is 2.92. The largest absolute Gasteiger partial charge is 0.435 e. The molecule has 0 aliphatic heterocycles. The van der Waals surface area contributed by atoms with E-state index in [1.165, 1.54) is 30.3 Å². The summed E-state index contributed by atoms with van der Waals surface area (Å²) < 4.78 is 30.0. The summed E-state index contributed by atoms with van der Waals surface area (Å²) in [6.45, 7) is -2.91. The Labute approximate surface area is 114 Å². The lowest BCUT2D eigenvalue weighted by molar-refractivity contribution is -0.0498. The Bertz CT molecular complexity index is 636. The van der Waals surface area contributed by atoms with Crippen molar-refractivity contribution in [2.75, 3.05) is 0 Å². The van der Waals surface area contributed by atoms with Gasteiger partial charge in [0.2, 0.25) is 0 Å². The Morgan fingerprint density at radius 3 is 2.90 bits per heavy atom. The molecule has 0 N–H and O–H groups in total. The molecular weight excluding hydrogens is 266 g/mol. The van der Waals surface area contributed by atoms with Gasteiger partial charge in [-0.3, -0.25) is 9.48 Å². The van der Waals surface area contributed by atoms with E-state index in [9.17, 15) is 13.6 Å². The van der Waals surface area contributed by atoms with Crippen LogP contribution in [0.25, 0.3) is 6.08 Å². The van der Waals surface area contributed by atoms with Crippen molar-refractivity contribution in [3.05, 3.63) is 53.9 Å². The smallest absolute Gasteiger partial charge is 0.387 e. The van der Waals surface area contributed by atoms with Crippen molar-refractivity contribution in [1.29, 1.82) is 0 Å². The minimum atomic E-state index is -2.91. The molecule has 1 aromatic carbocycles. The van der Waals surface area contributed by atoms with Gasteiger partial charge in [0.05, 0.1) is 6.20 Å². The third-order valence-corrected chi connectivity index (χ3v) is 2.50. The lowest BCUT2D eigenvalue weighted by Gasteiger charge is -2.04. The van der Waals surface area contributed by atoms with Crippen LogP contribution in [0.4, 0.5) is 8.78 Å². The normalized spacial score (nSPS) is 11.2. The standard InChI is InChI=1S/C14H12F2N2O2/c1-18-9-10(8-17-18)5-6-13(19)11-3-2-4-12(7-11)20-14(15)16/h2-9,14H,1H3/b6-5-. The number of ketones is 1. The molecule has 0 aliphatic rings. The average Bonchev–Trinajstić information content (AvgIpc) is 2.81. The lowest BCUT2D eigenvalue weighted by Crippen LogP contribution is -2.03. The van der Waals surface area contributed by atoms with Crippen LogP contribution >= 0.6 is 0 Å². The van der Waals surface area contributed by atoms with Crippen molar-refractivity contribution in [3.8, 4) is 5.75 Å². The van der Waals surface area contributed by atoms with Gasteiger partial charge in [-0.15, -0.1) is 0 Å². The van der Waals surface area contributed by atoms with Crippen LogP contribution in [0, 0.1) is 0 Å². The first-order chi connectivity index (χ1) is 9.54. The van der Waals surface area contributed by atoms with Gasteiger partial charge in [0.1, 0.15) is 5.75 Å². The van der Waals surface area contributed by atoms with E-state index >= 15 is 0 Å². The first kappa shape index (κ1) is 13.9. The second-order valence-electron chi connectivity index (χ2n) is 4.05. The number of carbonyl (C=O) groups is 1. The van der Waals surface area contributed by atoms with Crippen LogP contribution in [-0.2, 0) is 7.05 Å². The number of carbonyl (C=O) groups excluding carboxylic acids is 1. The molecule has 6 heteroatoms. The van der Waals surface area contributed by atoms with Crippen LogP contribution in [0.5, 0.6) is 5.75 Å². The van der Waals surface area contributed by atoms with Gasteiger partial charge in [0, 0.05) is 24.4 Å². The van der Waals surface area contributed by atoms with Gasteiger partial charge in [-0.25, -0.2) is 0 Å². The molecule has 1 heterocycles. The number of rotatable bonds is 5. The highest BCUT2D eigenvalue weighted by Crippen LogP contribution is 2.16. The number of aryl methyl sites for hydroxylation is 1. The van der Waals surface area contributed by atoms with E-state index in [-0.39, 0.29) is 17.1 Å². The third-order valence-electron chi connectivity index (χ3n) is 2.50. The van der Waals surface area contributed by atoms with Crippen molar-refractivity contribution < 1.29 is 18.3 Å². The third kappa shape index (κ3) is 3.74. The van der Waals surface area contributed by atoms with Gasteiger partial charge < -0.3 is 4.74 Å². The molecule has 2 aromatic rings. The van der Waals surface area contributed by atoms with Gasteiger partial charge in [0.25, 0.3) is 0 Å². The van der Waals surface area contributed by atoms with E-state index in [0.29, 0.717) is 0 Å². The topological polar surface area (TPSA) is 44.1 Å². The molecule has 104 valence electrons. The number of hydrogen-bond acceptors (Lipinski definition) is 3. The van der Waals surface area contributed by atoms with E-state index in [0.717, 1.165) is 5.56 Å². The number of benzene rings is 1. The molecule has 2 rings (SSSR count). The molecule has 20 heavy (non-hydrogen) atoms. The maximum Gasteiger partial charge on any atom is 0.387 e. The fourth-order valence-electron chi connectivity index (χ4n) is 1.62. The minimum Gasteiger partial charge on any atom is -0.435 e. The molecule has 0 aliphatic carbocycles. The second-order valence-corrected chi connectivity index (χ2v) is 4.05. The van der Waals surface area contributed by atoms with E-state index in [4.69, 9.17) is 0 Å². The lowest BCUT2D eigenvalue weighted by atomic mass is 10.1. The maximum absolute atomic E-state index is 12.1. The van der Waals surface area contributed by atoms with Crippen LogP contribution < -0.4 is 4.74 Å². The van der Waals surface area contributed by atoms with E-state index in [2.05, 4.69) is 9.84 Å². The summed E-state index contributed by atoms with van der Waals surface area (Å²) in [5.41, 5.74) is 1.06. The summed E-state index contributed by atoms with van der Waals surface area (Å²) in [7, 11) is 1.77. The molecule has 0 radical (unpaired) electrons. The number of alkyl halides is 2.